The van der Waals surface area contributed by atoms with Crippen LogP contribution in [0.3, 0.4) is 0 Å². The second-order valence-electron chi connectivity index (χ2n) is 4.67. The number of piperazine rings is 1. The molecule has 2 rings (SSSR count). The molecule has 1 aromatic rings. The van der Waals surface area contributed by atoms with Gasteiger partial charge >= 0.3 is 0 Å². The number of benzene rings is 1. The fraction of sp³-hybridized carbons (Fsp3) is 0.538. The molecule has 1 aliphatic heterocycles. The Hall–Kier alpha value is -0.620. The highest BCUT2D eigenvalue weighted by Crippen LogP contribution is 2.26. The molecule has 0 unspecified atom stereocenters. The Morgan fingerprint density at radius 3 is 2.63 bits per heavy atom. The highest BCUT2D eigenvalue weighted by Gasteiger charge is 2.27. The fourth-order valence-corrected chi connectivity index (χ4v) is 4.18. The van der Waals surface area contributed by atoms with E-state index in [0.29, 0.717) is 31.2 Å². The van der Waals surface area contributed by atoms with Crippen molar-refractivity contribution in [3.8, 4) is 0 Å². The number of nitrogens with zero attached hydrogens (tertiary/aromatic N) is 1. The average Bonchev–Trinajstić information content (AvgIpc) is 2.42. The van der Waals surface area contributed by atoms with Crippen molar-refractivity contribution in [2.45, 2.75) is 24.7 Å². The molecule has 1 aromatic carbocycles. The van der Waals surface area contributed by atoms with Crippen molar-refractivity contribution in [1.29, 1.82) is 0 Å². The molecule has 1 aliphatic rings. The smallest absolute Gasteiger partial charge is 0.244 e. The Bertz CT molecular complexity index is 540. The van der Waals surface area contributed by atoms with Crippen LogP contribution < -0.4 is 5.32 Å². The van der Waals surface area contributed by atoms with Gasteiger partial charge in [0.25, 0.3) is 0 Å². The quantitative estimate of drug-likeness (QED) is 0.924. The molecular weight excluding hydrogens is 284 g/mol. The molecule has 0 aliphatic carbocycles. The molecule has 0 saturated carbocycles. The van der Waals surface area contributed by atoms with Crippen molar-refractivity contribution in [3.05, 3.63) is 28.8 Å². The van der Waals surface area contributed by atoms with Gasteiger partial charge in [-0.1, -0.05) is 31.0 Å². The molecule has 19 heavy (non-hydrogen) atoms. The van der Waals surface area contributed by atoms with E-state index in [0.717, 1.165) is 18.4 Å². The van der Waals surface area contributed by atoms with Crippen molar-refractivity contribution in [1.82, 2.24) is 9.62 Å². The lowest BCUT2D eigenvalue weighted by atomic mass is 10.1. The number of rotatable bonds is 4. The molecule has 6 heteroatoms. The third-order valence-electron chi connectivity index (χ3n) is 3.23. The molecule has 0 aromatic heterocycles. The minimum atomic E-state index is -3.47. The van der Waals surface area contributed by atoms with Gasteiger partial charge < -0.3 is 5.32 Å². The van der Waals surface area contributed by atoms with Gasteiger partial charge in [-0.15, -0.1) is 0 Å². The summed E-state index contributed by atoms with van der Waals surface area (Å²) >= 11 is 6.08. The van der Waals surface area contributed by atoms with E-state index < -0.39 is 10.0 Å². The summed E-state index contributed by atoms with van der Waals surface area (Å²) in [5.41, 5.74) is 1.01. The molecule has 0 radical (unpaired) electrons. The normalized spacial score (nSPS) is 17.6. The van der Waals surface area contributed by atoms with E-state index in [9.17, 15) is 8.42 Å². The van der Waals surface area contributed by atoms with Crippen LogP contribution in [0.4, 0.5) is 0 Å². The van der Waals surface area contributed by atoms with Crippen LogP contribution in [0.2, 0.25) is 5.02 Å². The summed E-state index contributed by atoms with van der Waals surface area (Å²) in [6.07, 6.45) is 1.84. The third-order valence-corrected chi connectivity index (χ3v) is 5.61. The van der Waals surface area contributed by atoms with Gasteiger partial charge in [-0.25, -0.2) is 8.42 Å². The number of hydrogen-bond donors (Lipinski definition) is 1. The first-order chi connectivity index (χ1) is 9.05. The van der Waals surface area contributed by atoms with Crippen molar-refractivity contribution < 1.29 is 8.42 Å². The van der Waals surface area contributed by atoms with Crippen LogP contribution in [0.15, 0.2) is 23.1 Å². The minimum absolute atomic E-state index is 0.238. The predicted molar refractivity (Wildman–Crippen MR) is 77.1 cm³/mol. The number of aryl methyl sites for hydroxylation is 1. The molecule has 1 fully saturated rings. The van der Waals surface area contributed by atoms with Crippen LogP contribution in [0.5, 0.6) is 0 Å². The topological polar surface area (TPSA) is 49.4 Å². The Balaban J connectivity index is 2.35. The van der Waals surface area contributed by atoms with Gasteiger partial charge in [0, 0.05) is 26.2 Å². The van der Waals surface area contributed by atoms with Gasteiger partial charge in [0.15, 0.2) is 0 Å². The van der Waals surface area contributed by atoms with Gasteiger partial charge in [-0.2, -0.15) is 4.31 Å². The SMILES string of the molecule is CCCc1ccc(Cl)c(S(=O)(=O)N2CCNCC2)c1. The lowest BCUT2D eigenvalue weighted by molar-refractivity contribution is 0.360. The van der Waals surface area contributed by atoms with Crippen molar-refractivity contribution in [2.24, 2.45) is 0 Å². The highest BCUT2D eigenvalue weighted by molar-refractivity contribution is 7.89. The lowest BCUT2D eigenvalue weighted by Crippen LogP contribution is -2.46. The first-order valence-electron chi connectivity index (χ1n) is 6.55. The van der Waals surface area contributed by atoms with Gasteiger partial charge in [0.2, 0.25) is 10.0 Å². The Morgan fingerprint density at radius 2 is 2.00 bits per heavy atom. The van der Waals surface area contributed by atoms with Crippen LogP contribution in [-0.2, 0) is 16.4 Å². The van der Waals surface area contributed by atoms with E-state index in [4.69, 9.17) is 11.6 Å². The monoisotopic (exact) mass is 302 g/mol. The summed E-state index contributed by atoms with van der Waals surface area (Å²) in [7, 11) is -3.47. The molecule has 0 amide bonds. The van der Waals surface area contributed by atoms with E-state index in [-0.39, 0.29) is 4.90 Å². The second kappa shape index (κ2) is 6.22. The molecule has 1 N–H and O–H groups in total. The zero-order valence-corrected chi connectivity index (χ0v) is 12.6. The van der Waals surface area contributed by atoms with Crippen LogP contribution in [-0.4, -0.2) is 38.9 Å². The molecule has 1 heterocycles. The predicted octanol–water partition coefficient (Wildman–Crippen LogP) is 1.89. The maximum atomic E-state index is 12.6. The first kappa shape index (κ1) is 14.8. The van der Waals surface area contributed by atoms with E-state index in [1.807, 2.05) is 6.07 Å². The summed E-state index contributed by atoms with van der Waals surface area (Å²) in [4.78, 5) is 0.238. The molecule has 0 spiro atoms. The summed E-state index contributed by atoms with van der Waals surface area (Å²) in [5.74, 6) is 0. The minimum Gasteiger partial charge on any atom is -0.314 e. The van der Waals surface area contributed by atoms with E-state index in [1.165, 1.54) is 4.31 Å². The van der Waals surface area contributed by atoms with E-state index >= 15 is 0 Å². The largest absolute Gasteiger partial charge is 0.314 e. The van der Waals surface area contributed by atoms with Gasteiger partial charge in [-0.05, 0) is 24.1 Å². The standard InChI is InChI=1S/C13H19ClN2O2S/c1-2-3-11-4-5-12(14)13(10-11)19(17,18)16-8-6-15-7-9-16/h4-5,10,15H,2-3,6-9H2,1H3. The van der Waals surface area contributed by atoms with Crippen LogP contribution in [0.1, 0.15) is 18.9 Å². The van der Waals surface area contributed by atoms with Crippen molar-refractivity contribution in [2.75, 3.05) is 26.2 Å². The molecule has 1 saturated heterocycles. The van der Waals surface area contributed by atoms with E-state index in [1.54, 1.807) is 12.1 Å². The second-order valence-corrected chi connectivity index (χ2v) is 6.98. The van der Waals surface area contributed by atoms with Crippen molar-refractivity contribution in [3.63, 3.8) is 0 Å². The zero-order chi connectivity index (χ0) is 13.9. The number of hydrogen-bond acceptors (Lipinski definition) is 3. The molecule has 0 bridgehead atoms. The summed E-state index contributed by atoms with van der Waals surface area (Å²) in [5, 5.41) is 3.45. The number of halogens is 1. The summed E-state index contributed by atoms with van der Waals surface area (Å²) in [6.45, 7) is 4.43. The summed E-state index contributed by atoms with van der Waals surface area (Å²) < 4.78 is 26.7. The molecule has 4 nitrogen and oxygen atoms in total. The lowest BCUT2D eigenvalue weighted by Gasteiger charge is -2.27. The number of nitrogens with one attached hydrogen (secondary N) is 1. The van der Waals surface area contributed by atoms with Gasteiger partial charge in [0.1, 0.15) is 4.90 Å². The Morgan fingerprint density at radius 1 is 1.32 bits per heavy atom. The Labute approximate surface area is 119 Å². The summed E-state index contributed by atoms with van der Waals surface area (Å²) in [6, 6.07) is 5.29. The van der Waals surface area contributed by atoms with Gasteiger partial charge in [0.05, 0.1) is 5.02 Å². The molecule has 0 atom stereocenters. The maximum Gasteiger partial charge on any atom is 0.244 e. The van der Waals surface area contributed by atoms with Crippen molar-refractivity contribution >= 4 is 21.6 Å². The molecule has 106 valence electrons. The van der Waals surface area contributed by atoms with Crippen LogP contribution in [0, 0.1) is 0 Å². The zero-order valence-electron chi connectivity index (χ0n) is 11.0. The van der Waals surface area contributed by atoms with Gasteiger partial charge in [-0.3, -0.25) is 0 Å². The average molecular weight is 303 g/mol. The van der Waals surface area contributed by atoms with Crippen LogP contribution >= 0.6 is 11.6 Å². The maximum absolute atomic E-state index is 12.6. The fourth-order valence-electron chi connectivity index (χ4n) is 2.21. The Kier molecular flexibility index (Phi) is 4.84. The van der Waals surface area contributed by atoms with E-state index in [2.05, 4.69) is 12.2 Å². The number of sulfonamides is 1. The molecular formula is C13H19ClN2O2S. The highest BCUT2D eigenvalue weighted by atomic mass is 35.5. The third kappa shape index (κ3) is 3.28. The first-order valence-corrected chi connectivity index (χ1v) is 8.37. The van der Waals surface area contributed by atoms with Crippen LogP contribution in [0.25, 0.3) is 0 Å².